The smallest absolute Gasteiger partial charge is 0.252 e. The molecule has 3 heterocycles. The van der Waals surface area contributed by atoms with E-state index in [4.69, 9.17) is 14.0 Å². The first-order valence-electron chi connectivity index (χ1n) is 7.11. The van der Waals surface area contributed by atoms with Crippen LogP contribution in [-0.2, 0) is 20.9 Å². The van der Waals surface area contributed by atoms with Crippen molar-refractivity contribution in [2.24, 2.45) is 0 Å². The van der Waals surface area contributed by atoms with Crippen LogP contribution >= 0.6 is 0 Å². The normalized spacial score (nSPS) is 24.1. The van der Waals surface area contributed by atoms with Crippen molar-refractivity contribution in [2.75, 3.05) is 39.9 Å². The van der Waals surface area contributed by atoms with Crippen molar-refractivity contribution >= 4 is 5.91 Å². The molecule has 0 bridgehead atoms. The Balaban J connectivity index is 1.41. The van der Waals surface area contributed by atoms with Crippen molar-refractivity contribution in [1.29, 1.82) is 0 Å². The van der Waals surface area contributed by atoms with Crippen LogP contribution in [0.1, 0.15) is 11.7 Å². The Hall–Kier alpha value is -1.51. The minimum absolute atomic E-state index is 0.0379. The molecular formula is C13H20N4O4. The highest BCUT2D eigenvalue weighted by Crippen LogP contribution is 2.17. The van der Waals surface area contributed by atoms with Gasteiger partial charge in [-0.3, -0.25) is 9.69 Å². The van der Waals surface area contributed by atoms with Gasteiger partial charge in [-0.1, -0.05) is 5.16 Å². The van der Waals surface area contributed by atoms with Gasteiger partial charge in [-0.25, -0.2) is 0 Å². The molecule has 0 aromatic carbocycles. The lowest BCUT2D eigenvalue weighted by Crippen LogP contribution is -2.61. The van der Waals surface area contributed by atoms with Crippen LogP contribution < -0.4 is 0 Å². The minimum atomic E-state index is -0.168. The number of nitrogens with zero attached hydrogens (tertiary/aromatic N) is 4. The van der Waals surface area contributed by atoms with Crippen LogP contribution in [0.15, 0.2) is 4.52 Å². The number of hydrogen-bond acceptors (Lipinski definition) is 7. The fourth-order valence-electron chi connectivity index (χ4n) is 2.47. The van der Waals surface area contributed by atoms with Crippen LogP contribution in [0.2, 0.25) is 0 Å². The third kappa shape index (κ3) is 3.22. The predicted molar refractivity (Wildman–Crippen MR) is 71.4 cm³/mol. The number of morpholine rings is 1. The van der Waals surface area contributed by atoms with Gasteiger partial charge in [0.15, 0.2) is 5.82 Å². The number of rotatable bonds is 4. The molecule has 0 spiro atoms. The quantitative estimate of drug-likeness (QED) is 0.736. The summed E-state index contributed by atoms with van der Waals surface area (Å²) < 4.78 is 16.0. The molecule has 21 heavy (non-hydrogen) atoms. The Morgan fingerprint density at radius 1 is 1.48 bits per heavy atom. The second kappa shape index (κ2) is 6.08. The van der Waals surface area contributed by atoms with E-state index >= 15 is 0 Å². The average molecular weight is 296 g/mol. The highest BCUT2D eigenvalue weighted by atomic mass is 16.5. The third-order valence-electron chi connectivity index (χ3n) is 3.85. The maximum absolute atomic E-state index is 12.3. The Labute approximate surface area is 123 Å². The topological polar surface area (TPSA) is 80.9 Å². The number of carbonyl (C=O) groups excluding carboxylic acids is 1. The van der Waals surface area contributed by atoms with Crippen LogP contribution in [0.4, 0.5) is 0 Å². The molecule has 2 aliphatic rings. The van der Waals surface area contributed by atoms with Gasteiger partial charge in [-0.2, -0.15) is 4.98 Å². The van der Waals surface area contributed by atoms with Gasteiger partial charge in [0.1, 0.15) is 12.6 Å². The molecule has 0 saturated carbocycles. The number of aromatic nitrogens is 2. The Morgan fingerprint density at radius 3 is 2.95 bits per heavy atom. The molecule has 0 N–H and O–H groups in total. The van der Waals surface area contributed by atoms with E-state index in [0.717, 1.165) is 6.54 Å². The largest absolute Gasteiger partial charge is 0.378 e. The second-order valence-electron chi connectivity index (χ2n) is 5.48. The molecule has 3 rings (SSSR count). The molecule has 8 heteroatoms. The number of likely N-dealkylation sites (N-methyl/N-ethyl adjacent to an activating group) is 1. The number of likely N-dealkylation sites (tertiary alicyclic amines) is 1. The zero-order chi connectivity index (χ0) is 14.8. The first kappa shape index (κ1) is 14.4. The predicted octanol–water partition coefficient (Wildman–Crippen LogP) is -0.564. The van der Waals surface area contributed by atoms with E-state index in [2.05, 4.69) is 10.1 Å². The van der Waals surface area contributed by atoms with E-state index in [9.17, 15) is 4.79 Å². The van der Waals surface area contributed by atoms with E-state index < -0.39 is 0 Å². The van der Waals surface area contributed by atoms with E-state index in [1.54, 1.807) is 11.8 Å². The van der Waals surface area contributed by atoms with Crippen molar-refractivity contribution in [3.8, 4) is 0 Å². The molecule has 2 fully saturated rings. The van der Waals surface area contributed by atoms with E-state index in [1.165, 1.54) is 0 Å². The van der Waals surface area contributed by atoms with Crippen LogP contribution in [0, 0.1) is 6.92 Å². The molecule has 1 unspecified atom stereocenters. The molecule has 1 atom stereocenters. The summed E-state index contributed by atoms with van der Waals surface area (Å²) in [4.78, 5) is 20.2. The lowest BCUT2D eigenvalue weighted by Gasteiger charge is -2.42. The second-order valence-corrected chi connectivity index (χ2v) is 5.48. The monoisotopic (exact) mass is 296 g/mol. The van der Waals surface area contributed by atoms with Crippen molar-refractivity contribution < 1.29 is 18.8 Å². The van der Waals surface area contributed by atoms with Crippen molar-refractivity contribution in [3.63, 3.8) is 0 Å². The zero-order valence-corrected chi connectivity index (χ0v) is 12.3. The van der Waals surface area contributed by atoms with Gasteiger partial charge < -0.3 is 18.9 Å². The van der Waals surface area contributed by atoms with Gasteiger partial charge in [-0.15, -0.1) is 0 Å². The van der Waals surface area contributed by atoms with Crippen LogP contribution in [0.5, 0.6) is 0 Å². The van der Waals surface area contributed by atoms with E-state index in [1.807, 2.05) is 11.9 Å². The Morgan fingerprint density at radius 2 is 2.29 bits per heavy atom. The van der Waals surface area contributed by atoms with Gasteiger partial charge in [0.2, 0.25) is 5.91 Å². The molecule has 1 aromatic heterocycles. The van der Waals surface area contributed by atoms with Gasteiger partial charge in [0.25, 0.3) is 5.89 Å². The molecule has 1 amide bonds. The maximum atomic E-state index is 12.3. The van der Waals surface area contributed by atoms with E-state index in [-0.39, 0.29) is 18.1 Å². The molecule has 1 aromatic rings. The van der Waals surface area contributed by atoms with Crippen LogP contribution in [0.3, 0.4) is 0 Å². The minimum Gasteiger partial charge on any atom is -0.378 e. The molecule has 0 aliphatic carbocycles. The summed E-state index contributed by atoms with van der Waals surface area (Å²) in [5.74, 6) is 1.18. The summed E-state index contributed by atoms with van der Waals surface area (Å²) in [6.07, 6.45) is 0.0379. The number of amides is 1. The first-order chi connectivity index (χ1) is 10.1. The van der Waals surface area contributed by atoms with Gasteiger partial charge >= 0.3 is 0 Å². The molecular weight excluding hydrogens is 276 g/mol. The van der Waals surface area contributed by atoms with Crippen LogP contribution in [-0.4, -0.2) is 77.9 Å². The third-order valence-corrected chi connectivity index (χ3v) is 3.85. The summed E-state index contributed by atoms with van der Waals surface area (Å²) in [5.41, 5.74) is 0. The number of hydrogen-bond donors (Lipinski definition) is 0. The molecule has 116 valence electrons. The summed E-state index contributed by atoms with van der Waals surface area (Å²) in [6.45, 7) is 5.22. The van der Waals surface area contributed by atoms with Crippen molar-refractivity contribution in [3.05, 3.63) is 11.7 Å². The molecule has 2 aliphatic heterocycles. The average Bonchev–Trinajstić information content (AvgIpc) is 2.83. The Bertz CT molecular complexity index is 500. The highest BCUT2D eigenvalue weighted by Gasteiger charge is 2.37. The summed E-state index contributed by atoms with van der Waals surface area (Å²) in [7, 11) is 1.96. The van der Waals surface area contributed by atoms with Crippen LogP contribution in [0.25, 0.3) is 0 Å². The standard InChI is InChI=1S/C13H20N4O4/c1-9-14-12(21-15-9)8-20-10-5-17(6-10)13(18)11-7-19-4-3-16(11)2/h10-11H,3-8H2,1-2H3. The lowest BCUT2D eigenvalue weighted by molar-refractivity contribution is -0.156. The molecule has 0 radical (unpaired) electrons. The fourth-order valence-corrected chi connectivity index (χ4v) is 2.47. The summed E-state index contributed by atoms with van der Waals surface area (Å²) in [5, 5.41) is 3.70. The summed E-state index contributed by atoms with van der Waals surface area (Å²) >= 11 is 0. The summed E-state index contributed by atoms with van der Waals surface area (Å²) in [6, 6.07) is -0.168. The van der Waals surface area contributed by atoms with Gasteiger partial charge in [-0.05, 0) is 14.0 Å². The number of ether oxygens (including phenoxy) is 2. The lowest BCUT2D eigenvalue weighted by atomic mass is 10.1. The number of aryl methyl sites for hydroxylation is 1. The van der Waals surface area contributed by atoms with Gasteiger partial charge in [0.05, 0.1) is 19.3 Å². The molecule has 8 nitrogen and oxygen atoms in total. The van der Waals surface area contributed by atoms with E-state index in [0.29, 0.717) is 44.6 Å². The zero-order valence-electron chi connectivity index (χ0n) is 12.3. The first-order valence-corrected chi connectivity index (χ1v) is 7.11. The number of carbonyl (C=O) groups is 1. The Kier molecular flexibility index (Phi) is 4.18. The molecule has 2 saturated heterocycles. The highest BCUT2D eigenvalue weighted by molar-refractivity contribution is 5.83. The SMILES string of the molecule is Cc1noc(COC2CN(C(=O)C3COCCN3C)C2)n1. The maximum Gasteiger partial charge on any atom is 0.252 e. The van der Waals surface area contributed by atoms with Crippen molar-refractivity contribution in [2.45, 2.75) is 25.7 Å². The fraction of sp³-hybridized carbons (Fsp3) is 0.769. The van der Waals surface area contributed by atoms with Gasteiger partial charge in [0, 0.05) is 19.6 Å². The van der Waals surface area contributed by atoms with Crippen molar-refractivity contribution in [1.82, 2.24) is 19.9 Å².